The van der Waals surface area contributed by atoms with Gasteiger partial charge in [-0.15, -0.1) is 11.6 Å². The highest BCUT2D eigenvalue weighted by Crippen LogP contribution is 2.24. The summed E-state index contributed by atoms with van der Waals surface area (Å²) in [6.07, 6.45) is 4.04. The molecule has 0 heterocycles. The van der Waals surface area contributed by atoms with Gasteiger partial charge in [-0.25, -0.2) is 13.1 Å². The van der Waals surface area contributed by atoms with E-state index in [0.717, 1.165) is 37.7 Å². The fourth-order valence-corrected chi connectivity index (χ4v) is 3.98. The van der Waals surface area contributed by atoms with Gasteiger partial charge in [0, 0.05) is 12.4 Å². The summed E-state index contributed by atoms with van der Waals surface area (Å²) in [4.78, 5) is 0.256. The van der Waals surface area contributed by atoms with Crippen LogP contribution in [0.15, 0.2) is 29.2 Å². The zero-order valence-corrected chi connectivity index (χ0v) is 13.5. The highest BCUT2D eigenvalue weighted by molar-refractivity contribution is 7.89. The lowest BCUT2D eigenvalue weighted by atomic mass is 9.87. The Morgan fingerprint density at radius 3 is 2.48 bits per heavy atom. The molecule has 0 aromatic heterocycles. The van der Waals surface area contributed by atoms with Crippen LogP contribution in [-0.4, -0.2) is 32.1 Å². The number of aryl methyl sites for hydroxylation is 1. The molecule has 21 heavy (non-hydrogen) atoms. The largest absolute Gasteiger partial charge is 0.393 e. The number of rotatable bonds is 6. The maximum atomic E-state index is 12.2. The van der Waals surface area contributed by atoms with E-state index in [4.69, 9.17) is 11.6 Å². The molecule has 1 fully saturated rings. The van der Waals surface area contributed by atoms with E-state index in [1.807, 2.05) is 0 Å². The first kappa shape index (κ1) is 16.7. The van der Waals surface area contributed by atoms with E-state index in [1.165, 1.54) is 0 Å². The van der Waals surface area contributed by atoms with E-state index in [1.54, 1.807) is 24.3 Å². The number of sulfonamides is 1. The van der Waals surface area contributed by atoms with Crippen LogP contribution in [0.5, 0.6) is 0 Å². The van der Waals surface area contributed by atoms with Crippen molar-refractivity contribution in [3.63, 3.8) is 0 Å². The highest BCUT2D eigenvalue weighted by Gasteiger charge is 2.25. The van der Waals surface area contributed by atoms with E-state index >= 15 is 0 Å². The maximum Gasteiger partial charge on any atom is 0.240 e. The summed E-state index contributed by atoms with van der Waals surface area (Å²) in [6.45, 7) is 0.299. The molecule has 1 aliphatic carbocycles. The van der Waals surface area contributed by atoms with Gasteiger partial charge < -0.3 is 5.11 Å². The monoisotopic (exact) mass is 331 g/mol. The Labute approximate surface area is 131 Å². The maximum absolute atomic E-state index is 12.2. The molecule has 118 valence electrons. The molecule has 2 unspecified atom stereocenters. The summed E-state index contributed by atoms with van der Waals surface area (Å²) in [5.41, 5.74) is 1.02. The van der Waals surface area contributed by atoms with Gasteiger partial charge in [0.25, 0.3) is 0 Å². The lowest BCUT2D eigenvalue weighted by Gasteiger charge is -2.27. The Morgan fingerprint density at radius 2 is 1.86 bits per heavy atom. The summed E-state index contributed by atoms with van der Waals surface area (Å²) in [5, 5.41) is 9.88. The first-order valence-electron chi connectivity index (χ1n) is 7.35. The van der Waals surface area contributed by atoms with Crippen LogP contribution >= 0.6 is 11.6 Å². The summed E-state index contributed by atoms with van der Waals surface area (Å²) in [5.74, 6) is 0.535. The third-order valence-corrected chi connectivity index (χ3v) is 5.65. The second-order valence-corrected chi connectivity index (χ2v) is 7.69. The third kappa shape index (κ3) is 4.68. The van der Waals surface area contributed by atoms with Crippen molar-refractivity contribution in [2.24, 2.45) is 5.92 Å². The number of aliphatic hydroxyl groups excluding tert-OH is 1. The van der Waals surface area contributed by atoms with E-state index in [0.29, 0.717) is 12.4 Å². The van der Waals surface area contributed by atoms with Gasteiger partial charge in [0.1, 0.15) is 0 Å². The van der Waals surface area contributed by atoms with Crippen LogP contribution in [0, 0.1) is 5.92 Å². The number of benzene rings is 1. The average Bonchev–Trinajstić information content (AvgIpc) is 2.47. The van der Waals surface area contributed by atoms with Crippen LogP contribution in [-0.2, 0) is 16.4 Å². The molecule has 0 radical (unpaired) electrons. The van der Waals surface area contributed by atoms with Crippen molar-refractivity contribution in [1.29, 1.82) is 0 Å². The normalized spacial score (nSPS) is 23.1. The zero-order chi connectivity index (χ0) is 15.3. The SMILES string of the molecule is O=S(=O)(NCC1CCCCC1O)c1ccc(CCCl)cc1. The smallest absolute Gasteiger partial charge is 0.240 e. The van der Waals surface area contributed by atoms with E-state index in [9.17, 15) is 13.5 Å². The second-order valence-electron chi connectivity index (χ2n) is 5.55. The van der Waals surface area contributed by atoms with E-state index < -0.39 is 16.1 Å². The third-order valence-electron chi connectivity index (χ3n) is 4.02. The molecule has 0 bridgehead atoms. The summed E-state index contributed by atoms with van der Waals surface area (Å²) in [6, 6.07) is 6.77. The predicted octanol–water partition coefficient (Wildman–Crippen LogP) is 2.30. The van der Waals surface area contributed by atoms with Gasteiger partial charge in [-0.3, -0.25) is 0 Å². The van der Waals surface area contributed by atoms with Crippen molar-refractivity contribution in [2.75, 3.05) is 12.4 Å². The molecule has 2 atom stereocenters. The van der Waals surface area contributed by atoms with Crippen LogP contribution in [0.2, 0.25) is 0 Å². The summed E-state index contributed by atoms with van der Waals surface area (Å²) in [7, 11) is -3.51. The molecule has 1 saturated carbocycles. The van der Waals surface area contributed by atoms with Crippen molar-refractivity contribution in [2.45, 2.75) is 43.1 Å². The highest BCUT2D eigenvalue weighted by atomic mass is 35.5. The molecular weight excluding hydrogens is 310 g/mol. The van der Waals surface area contributed by atoms with Gasteiger partial charge in [-0.1, -0.05) is 25.0 Å². The van der Waals surface area contributed by atoms with Crippen molar-refractivity contribution >= 4 is 21.6 Å². The van der Waals surface area contributed by atoms with Crippen LogP contribution in [0.1, 0.15) is 31.2 Å². The van der Waals surface area contributed by atoms with Gasteiger partial charge in [-0.2, -0.15) is 0 Å². The average molecular weight is 332 g/mol. The second kappa shape index (κ2) is 7.58. The van der Waals surface area contributed by atoms with Crippen molar-refractivity contribution < 1.29 is 13.5 Å². The minimum atomic E-state index is -3.51. The molecule has 0 aliphatic heterocycles. The fourth-order valence-electron chi connectivity index (χ4n) is 2.67. The molecule has 2 N–H and O–H groups in total. The lowest BCUT2D eigenvalue weighted by molar-refractivity contribution is 0.0724. The minimum Gasteiger partial charge on any atom is -0.393 e. The molecule has 4 nitrogen and oxygen atoms in total. The van der Waals surface area contributed by atoms with E-state index in [2.05, 4.69) is 4.72 Å². The molecule has 6 heteroatoms. The van der Waals surface area contributed by atoms with Gasteiger partial charge in [0.05, 0.1) is 11.0 Å². The van der Waals surface area contributed by atoms with Crippen LogP contribution in [0.25, 0.3) is 0 Å². The molecule has 0 amide bonds. The summed E-state index contributed by atoms with van der Waals surface area (Å²) >= 11 is 5.66. The standard InChI is InChI=1S/C15H22ClNO3S/c16-10-9-12-5-7-14(8-6-12)21(19,20)17-11-13-3-1-2-4-15(13)18/h5-8,13,15,17-18H,1-4,9-11H2. The van der Waals surface area contributed by atoms with E-state index in [-0.39, 0.29) is 10.8 Å². The number of nitrogens with one attached hydrogen (secondary N) is 1. The Balaban J connectivity index is 1.97. The Kier molecular flexibility index (Phi) is 6.05. The van der Waals surface area contributed by atoms with Gasteiger partial charge in [0.15, 0.2) is 0 Å². The molecule has 1 aliphatic rings. The predicted molar refractivity (Wildman–Crippen MR) is 84.0 cm³/mol. The van der Waals surface area contributed by atoms with Gasteiger partial charge in [0.2, 0.25) is 10.0 Å². The molecule has 2 rings (SSSR count). The van der Waals surface area contributed by atoms with Crippen molar-refractivity contribution in [3.8, 4) is 0 Å². The Hall–Kier alpha value is -0.620. The molecule has 0 spiro atoms. The molecule has 0 saturated heterocycles. The fraction of sp³-hybridized carbons (Fsp3) is 0.600. The van der Waals surface area contributed by atoms with Crippen molar-refractivity contribution in [1.82, 2.24) is 4.72 Å². The van der Waals surface area contributed by atoms with Crippen LogP contribution < -0.4 is 4.72 Å². The first-order valence-corrected chi connectivity index (χ1v) is 9.37. The quantitative estimate of drug-likeness (QED) is 0.786. The van der Waals surface area contributed by atoms with Gasteiger partial charge in [-0.05, 0) is 42.9 Å². The number of halogens is 1. The number of aliphatic hydroxyl groups is 1. The lowest BCUT2D eigenvalue weighted by Crippen LogP contribution is -2.36. The Bertz CT molecular complexity index is 545. The van der Waals surface area contributed by atoms with Crippen LogP contribution in [0.4, 0.5) is 0 Å². The number of hydrogen-bond acceptors (Lipinski definition) is 3. The first-order chi connectivity index (χ1) is 10.0. The molecular formula is C15H22ClNO3S. The topological polar surface area (TPSA) is 66.4 Å². The molecule has 1 aromatic carbocycles. The Morgan fingerprint density at radius 1 is 1.19 bits per heavy atom. The number of alkyl halides is 1. The molecule has 1 aromatic rings. The zero-order valence-electron chi connectivity index (χ0n) is 12.0. The number of hydrogen-bond donors (Lipinski definition) is 2. The van der Waals surface area contributed by atoms with Gasteiger partial charge >= 0.3 is 0 Å². The summed E-state index contributed by atoms with van der Waals surface area (Å²) < 4.78 is 27.1. The van der Waals surface area contributed by atoms with Crippen LogP contribution in [0.3, 0.4) is 0 Å². The minimum absolute atomic E-state index is 0.0176. The van der Waals surface area contributed by atoms with Crippen molar-refractivity contribution in [3.05, 3.63) is 29.8 Å².